The van der Waals surface area contributed by atoms with Crippen molar-refractivity contribution in [3.63, 3.8) is 0 Å². The van der Waals surface area contributed by atoms with Crippen LogP contribution in [0.3, 0.4) is 0 Å². The van der Waals surface area contributed by atoms with E-state index in [9.17, 15) is 0 Å². The Morgan fingerprint density at radius 3 is 2.83 bits per heavy atom. The molecular formula is C15H11N3. The Bertz CT molecular complexity index is 890. The Hall–Kier alpha value is -2.42. The van der Waals surface area contributed by atoms with Gasteiger partial charge in [-0.25, -0.2) is 4.98 Å². The first kappa shape index (κ1) is 9.59. The number of rotatable bonds is 0. The Kier molecular flexibility index (Phi) is 1.75. The van der Waals surface area contributed by atoms with Crippen LogP contribution in [-0.2, 0) is 0 Å². The topological polar surface area (TPSA) is 30.2 Å². The molecule has 0 amide bonds. The number of hydrogen-bond acceptors (Lipinski definition) is 2. The summed E-state index contributed by atoms with van der Waals surface area (Å²) in [6.07, 6.45) is 5.84. The highest BCUT2D eigenvalue weighted by atomic mass is 15.0. The second-order valence-electron chi connectivity index (χ2n) is 4.48. The average molecular weight is 233 g/mol. The first-order valence-corrected chi connectivity index (χ1v) is 5.95. The molecule has 18 heavy (non-hydrogen) atoms. The van der Waals surface area contributed by atoms with Crippen molar-refractivity contribution >= 4 is 27.3 Å². The van der Waals surface area contributed by atoms with E-state index >= 15 is 0 Å². The number of para-hydroxylation sites is 1. The first-order valence-electron chi connectivity index (χ1n) is 5.95. The minimum atomic E-state index is 0.995. The number of nitrogens with zero attached hydrogens (tertiary/aromatic N) is 3. The molecule has 0 aliphatic carbocycles. The SMILES string of the molecule is Cc1nc2ccccc2c2c1ccn1ccnc21. The Morgan fingerprint density at radius 1 is 1.00 bits per heavy atom. The number of hydrogen-bond donors (Lipinski definition) is 0. The van der Waals surface area contributed by atoms with Crippen molar-refractivity contribution < 1.29 is 0 Å². The van der Waals surface area contributed by atoms with Crippen LogP contribution in [0.25, 0.3) is 27.3 Å². The third-order valence-corrected chi connectivity index (χ3v) is 3.41. The number of pyridine rings is 2. The van der Waals surface area contributed by atoms with E-state index in [1.165, 1.54) is 10.8 Å². The summed E-state index contributed by atoms with van der Waals surface area (Å²) in [5, 5.41) is 3.52. The molecule has 3 heterocycles. The van der Waals surface area contributed by atoms with Gasteiger partial charge in [-0.15, -0.1) is 0 Å². The van der Waals surface area contributed by atoms with Crippen molar-refractivity contribution in [3.05, 3.63) is 54.6 Å². The van der Waals surface area contributed by atoms with Crippen LogP contribution in [0.1, 0.15) is 5.69 Å². The molecule has 3 nitrogen and oxygen atoms in total. The fourth-order valence-electron chi connectivity index (χ4n) is 2.58. The van der Waals surface area contributed by atoms with E-state index < -0.39 is 0 Å². The van der Waals surface area contributed by atoms with Gasteiger partial charge >= 0.3 is 0 Å². The van der Waals surface area contributed by atoms with Crippen molar-refractivity contribution in [1.82, 2.24) is 14.4 Å². The molecule has 0 aliphatic heterocycles. The normalized spacial score (nSPS) is 11.6. The molecule has 0 aliphatic rings. The lowest BCUT2D eigenvalue weighted by Gasteiger charge is -2.07. The largest absolute Gasteiger partial charge is 0.307 e. The van der Waals surface area contributed by atoms with Crippen LogP contribution in [0.4, 0.5) is 0 Å². The molecule has 0 atom stereocenters. The van der Waals surface area contributed by atoms with Gasteiger partial charge in [-0.3, -0.25) is 4.98 Å². The van der Waals surface area contributed by atoms with Crippen LogP contribution in [0.2, 0.25) is 0 Å². The summed E-state index contributed by atoms with van der Waals surface area (Å²) in [4.78, 5) is 9.13. The van der Waals surface area contributed by atoms with Crippen LogP contribution >= 0.6 is 0 Å². The number of aryl methyl sites for hydroxylation is 1. The Balaban J connectivity index is 2.43. The van der Waals surface area contributed by atoms with E-state index in [1.54, 1.807) is 0 Å². The molecule has 0 radical (unpaired) electrons. The predicted octanol–water partition coefficient (Wildman–Crippen LogP) is 3.34. The van der Waals surface area contributed by atoms with Gasteiger partial charge in [-0.05, 0) is 19.1 Å². The van der Waals surface area contributed by atoms with Gasteiger partial charge in [0, 0.05) is 40.4 Å². The molecule has 0 spiro atoms. The smallest absolute Gasteiger partial charge is 0.145 e. The number of imidazole rings is 1. The molecule has 86 valence electrons. The summed E-state index contributed by atoms with van der Waals surface area (Å²) in [5.41, 5.74) is 3.07. The third-order valence-electron chi connectivity index (χ3n) is 3.41. The molecule has 0 N–H and O–H groups in total. The third kappa shape index (κ3) is 1.13. The molecule has 4 aromatic rings. The van der Waals surface area contributed by atoms with Crippen LogP contribution in [-0.4, -0.2) is 14.4 Å². The van der Waals surface area contributed by atoms with Gasteiger partial charge in [0.2, 0.25) is 0 Å². The number of aromatic nitrogens is 3. The van der Waals surface area contributed by atoms with Crippen molar-refractivity contribution in [2.75, 3.05) is 0 Å². The van der Waals surface area contributed by atoms with E-state index in [1.807, 2.05) is 48.1 Å². The van der Waals surface area contributed by atoms with Crippen LogP contribution < -0.4 is 0 Å². The number of benzene rings is 1. The quantitative estimate of drug-likeness (QED) is 0.436. The van der Waals surface area contributed by atoms with E-state index in [2.05, 4.69) is 22.1 Å². The number of fused-ring (bicyclic) bond motifs is 5. The summed E-state index contributed by atoms with van der Waals surface area (Å²) in [6, 6.07) is 10.3. The van der Waals surface area contributed by atoms with Crippen LogP contribution in [0, 0.1) is 6.92 Å². The summed E-state index contributed by atoms with van der Waals surface area (Å²) < 4.78 is 2.05. The molecule has 0 fully saturated rings. The van der Waals surface area contributed by atoms with Crippen molar-refractivity contribution in [1.29, 1.82) is 0 Å². The molecule has 0 unspecified atom stereocenters. The highest BCUT2D eigenvalue weighted by Crippen LogP contribution is 2.28. The highest BCUT2D eigenvalue weighted by Gasteiger charge is 2.09. The molecule has 1 aromatic carbocycles. The van der Waals surface area contributed by atoms with E-state index in [4.69, 9.17) is 0 Å². The highest BCUT2D eigenvalue weighted by molar-refractivity contribution is 6.13. The minimum absolute atomic E-state index is 0.995. The maximum Gasteiger partial charge on any atom is 0.145 e. The summed E-state index contributed by atoms with van der Waals surface area (Å²) >= 11 is 0. The van der Waals surface area contributed by atoms with Crippen LogP contribution in [0.15, 0.2) is 48.9 Å². The summed E-state index contributed by atoms with van der Waals surface area (Å²) in [7, 11) is 0. The summed E-state index contributed by atoms with van der Waals surface area (Å²) in [6.45, 7) is 2.05. The monoisotopic (exact) mass is 233 g/mol. The molecular weight excluding hydrogens is 222 g/mol. The molecule has 3 aromatic heterocycles. The summed E-state index contributed by atoms with van der Waals surface area (Å²) in [5.74, 6) is 0. The van der Waals surface area contributed by atoms with Gasteiger partial charge < -0.3 is 4.40 Å². The van der Waals surface area contributed by atoms with Gasteiger partial charge in [0.25, 0.3) is 0 Å². The molecule has 3 heteroatoms. The Labute approximate surface area is 104 Å². The minimum Gasteiger partial charge on any atom is -0.307 e. The zero-order chi connectivity index (χ0) is 12.1. The van der Waals surface area contributed by atoms with E-state index in [0.29, 0.717) is 0 Å². The van der Waals surface area contributed by atoms with Crippen molar-refractivity contribution in [3.8, 4) is 0 Å². The lowest BCUT2D eigenvalue weighted by atomic mass is 10.1. The first-order chi connectivity index (χ1) is 8.84. The van der Waals surface area contributed by atoms with Crippen LogP contribution in [0.5, 0.6) is 0 Å². The second kappa shape index (κ2) is 3.29. The fraction of sp³-hybridized carbons (Fsp3) is 0.0667. The average Bonchev–Trinajstić information content (AvgIpc) is 2.86. The van der Waals surface area contributed by atoms with Crippen molar-refractivity contribution in [2.24, 2.45) is 0 Å². The van der Waals surface area contributed by atoms with Gasteiger partial charge in [-0.2, -0.15) is 0 Å². The molecule has 0 saturated heterocycles. The van der Waals surface area contributed by atoms with Gasteiger partial charge in [-0.1, -0.05) is 18.2 Å². The Morgan fingerprint density at radius 2 is 1.89 bits per heavy atom. The zero-order valence-corrected chi connectivity index (χ0v) is 9.96. The molecule has 0 saturated carbocycles. The van der Waals surface area contributed by atoms with Crippen molar-refractivity contribution in [2.45, 2.75) is 6.92 Å². The van der Waals surface area contributed by atoms with E-state index in [-0.39, 0.29) is 0 Å². The van der Waals surface area contributed by atoms with E-state index in [0.717, 1.165) is 22.2 Å². The lowest BCUT2D eigenvalue weighted by Crippen LogP contribution is -1.91. The predicted molar refractivity (Wildman–Crippen MR) is 72.7 cm³/mol. The van der Waals surface area contributed by atoms with Gasteiger partial charge in [0.1, 0.15) is 5.65 Å². The molecule has 0 bridgehead atoms. The fourth-order valence-corrected chi connectivity index (χ4v) is 2.58. The standard InChI is InChI=1S/C15H11N3/c1-10-11-6-8-18-9-7-16-15(18)14(11)12-4-2-3-5-13(12)17-10/h2-9H,1H3. The second-order valence-corrected chi connectivity index (χ2v) is 4.48. The zero-order valence-electron chi connectivity index (χ0n) is 9.96. The lowest BCUT2D eigenvalue weighted by molar-refractivity contribution is 1.20. The maximum absolute atomic E-state index is 4.66. The molecule has 4 rings (SSSR count). The van der Waals surface area contributed by atoms with Gasteiger partial charge in [0.15, 0.2) is 0 Å². The van der Waals surface area contributed by atoms with Gasteiger partial charge in [0.05, 0.1) is 5.52 Å². The maximum atomic E-state index is 4.66.